The highest BCUT2D eigenvalue weighted by Gasteiger charge is 2.31. The molecule has 0 radical (unpaired) electrons. The fourth-order valence-corrected chi connectivity index (χ4v) is 3.57. The Bertz CT molecular complexity index is 661. The standard InChI is InChI=1S/C18H21NO/c1-11-9-12(2)17-14(7-8-19)13-5-4-6-16(20-3)18(13)15(17)10-11/h4-6,9-10,14H,7-8,19H2,1-3H3. The Morgan fingerprint density at radius 2 is 2.00 bits per heavy atom. The van der Waals surface area contributed by atoms with Crippen LogP contribution in [0.3, 0.4) is 0 Å². The molecule has 104 valence electrons. The molecule has 1 aliphatic carbocycles. The van der Waals surface area contributed by atoms with E-state index in [-0.39, 0.29) is 0 Å². The number of hydrogen-bond donors (Lipinski definition) is 1. The van der Waals surface area contributed by atoms with Crippen LogP contribution in [0.1, 0.15) is 34.6 Å². The summed E-state index contributed by atoms with van der Waals surface area (Å²) in [5.41, 5.74) is 13.9. The summed E-state index contributed by atoms with van der Waals surface area (Å²) in [4.78, 5) is 0. The van der Waals surface area contributed by atoms with Crippen molar-refractivity contribution < 1.29 is 4.74 Å². The third-order valence-electron chi connectivity index (χ3n) is 4.26. The second-order valence-electron chi connectivity index (χ2n) is 5.60. The zero-order chi connectivity index (χ0) is 14.3. The van der Waals surface area contributed by atoms with Crippen molar-refractivity contribution in [2.24, 2.45) is 5.73 Å². The van der Waals surface area contributed by atoms with Gasteiger partial charge in [-0.2, -0.15) is 0 Å². The summed E-state index contributed by atoms with van der Waals surface area (Å²) in [7, 11) is 1.74. The Morgan fingerprint density at radius 1 is 1.20 bits per heavy atom. The third-order valence-corrected chi connectivity index (χ3v) is 4.26. The first-order valence-corrected chi connectivity index (χ1v) is 7.15. The van der Waals surface area contributed by atoms with Crippen molar-refractivity contribution >= 4 is 0 Å². The molecule has 0 aromatic heterocycles. The molecule has 1 aliphatic rings. The lowest BCUT2D eigenvalue weighted by molar-refractivity contribution is 0.416. The van der Waals surface area contributed by atoms with Crippen LogP contribution in [0.25, 0.3) is 11.1 Å². The number of methoxy groups -OCH3 is 1. The van der Waals surface area contributed by atoms with E-state index >= 15 is 0 Å². The average molecular weight is 267 g/mol. The van der Waals surface area contributed by atoms with Crippen LogP contribution in [0.15, 0.2) is 30.3 Å². The number of fused-ring (bicyclic) bond motifs is 3. The smallest absolute Gasteiger partial charge is 0.126 e. The van der Waals surface area contributed by atoms with Gasteiger partial charge in [0, 0.05) is 11.5 Å². The highest BCUT2D eigenvalue weighted by molar-refractivity contribution is 5.85. The molecule has 0 spiro atoms. The Morgan fingerprint density at radius 3 is 2.70 bits per heavy atom. The van der Waals surface area contributed by atoms with Crippen LogP contribution >= 0.6 is 0 Å². The monoisotopic (exact) mass is 267 g/mol. The lowest BCUT2D eigenvalue weighted by Gasteiger charge is -2.15. The molecule has 0 fully saturated rings. The molecule has 0 saturated heterocycles. The van der Waals surface area contributed by atoms with Crippen molar-refractivity contribution in [2.75, 3.05) is 13.7 Å². The molecule has 2 heteroatoms. The molecular weight excluding hydrogens is 246 g/mol. The van der Waals surface area contributed by atoms with Crippen LogP contribution in [-0.2, 0) is 0 Å². The molecule has 0 aliphatic heterocycles. The minimum absolute atomic E-state index is 0.403. The largest absolute Gasteiger partial charge is 0.496 e. The van der Waals surface area contributed by atoms with E-state index in [2.05, 4.69) is 38.1 Å². The molecule has 3 rings (SSSR count). The summed E-state index contributed by atoms with van der Waals surface area (Å²) in [6, 6.07) is 10.9. The number of benzene rings is 2. The number of hydrogen-bond acceptors (Lipinski definition) is 2. The molecular formula is C18H21NO. The summed E-state index contributed by atoms with van der Waals surface area (Å²) in [6.45, 7) is 5.06. The van der Waals surface area contributed by atoms with Gasteiger partial charge in [-0.1, -0.05) is 29.8 Å². The molecule has 0 amide bonds. The van der Waals surface area contributed by atoms with Gasteiger partial charge in [0.1, 0.15) is 5.75 Å². The fourth-order valence-electron chi connectivity index (χ4n) is 3.57. The van der Waals surface area contributed by atoms with Gasteiger partial charge in [0.25, 0.3) is 0 Å². The summed E-state index contributed by atoms with van der Waals surface area (Å²) >= 11 is 0. The van der Waals surface area contributed by atoms with Crippen LogP contribution < -0.4 is 10.5 Å². The predicted molar refractivity (Wildman–Crippen MR) is 83.4 cm³/mol. The van der Waals surface area contributed by atoms with Crippen molar-refractivity contribution in [2.45, 2.75) is 26.2 Å². The minimum Gasteiger partial charge on any atom is -0.496 e. The van der Waals surface area contributed by atoms with Crippen molar-refractivity contribution in [1.29, 1.82) is 0 Å². The molecule has 0 saturated carbocycles. The Kier molecular flexibility index (Phi) is 3.27. The molecule has 0 heterocycles. The second kappa shape index (κ2) is 4.95. The van der Waals surface area contributed by atoms with E-state index < -0.39 is 0 Å². The van der Waals surface area contributed by atoms with Crippen molar-refractivity contribution in [3.8, 4) is 16.9 Å². The zero-order valence-corrected chi connectivity index (χ0v) is 12.4. The van der Waals surface area contributed by atoms with Gasteiger partial charge in [-0.25, -0.2) is 0 Å². The molecule has 2 nitrogen and oxygen atoms in total. The van der Waals surface area contributed by atoms with E-state index in [1.54, 1.807) is 7.11 Å². The zero-order valence-electron chi connectivity index (χ0n) is 12.4. The maximum atomic E-state index is 5.84. The first-order chi connectivity index (χ1) is 9.67. The normalized spacial score (nSPS) is 15.9. The van der Waals surface area contributed by atoms with Crippen LogP contribution in [0.4, 0.5) is 0 Å². The summed E-state index contributed by atoms with van der Waals surface area (Å²) in [5.74, 6) is 1.37. The van der Waals surface area contributed by atoms with Gasteiger partial charge in [0.05, 0.1) is 7.11 Å². The van der Waals surface area contributed by atoms with E-state index in [9.17, 15) is 0 Å². The van der Waals surface area contributed by atoms with Crippen LogP contribution in [0.5, 0.6) is 5.75 Å². The number of rotatable bonds is 3. The number of ether oxygens (including phenoxy) is 1. The fraction of sp³-hybridized carbons (Fsp3) is 0.333. The van der Waals surface area contributed by atoms with Crippen molar-refractivity contribution in [1.82, 2.24) is 0 Å². The molecule has 2 aromatic rings. The van der Waals surface area contributed by atoms with Gasteiger partial charge in [0.2, 0.25) is 0 Å². The first kappa shape index (κ1) is 13.2. The molecule has 0 bridgehead atoms. The summed E-state index contributed by atoms with van der Waals surface area (Å²) in [6.07, 6.45) is 0.983. The van der Waals surface area contributed by atoms with Crippen molar-refractivity contribution in [3.63, 3.8) is 0 Å². The Labute approximate surface area is 120 Å². The Hall–Kier alpha value is -1.80. The highest BCUT2D eigenvalue weighted by atomic mass is 16.5. The number of aryl methyl sites for hydroxylation is 2. The molecule has 20 heavy (non-hydrogen) atoms. The lowest BCUT2D eigenvalue weighted by atomic mass is 9.90. The lowest BCUT2D eigenvalue weighted by Crippen LogP contribution is -2.07. The third kappa shape index (κ3) is 1.83. The Balaban J connectivity index is 2.32. The van der Waals surface area contributed by atoms with Crippen LogP contribution in [0, 0.1) is 13.8 Å². The van der Waals surface area contributed by atoms with Gasteiger partial charge in [-0.15, -0.1) is 0 Å². The quantitative estimate of drug-likeness (QED) is 0.918. The highest BCUT2D eigenvalue weighted by Crippen LogP contribution is 2.51. The van der Waals surface area contributed by atoms with Gasteiger partial charge < -0.3 is 10.5 Å². The van der Waals surface area contributed by atoms with E-state index in [1.165, 1.54) is 33.4 Å². The number of nitrogens with two attached hydrogens (primary N) is 1. The average Bonchev–Trinajstić information content (AvgIpc) is 2.74. The summed E-state index contributed by atoms with van der Waals surface area (Å²) in [5, 5.41) is 0. The molecule has 1 atom stereocenters. The predicted octanol–water partition coefficient (Wildman–Crippen LogP) is 3.77. The second-order valence-corrected chi connectivity index (χ2v) is 5.60. The maximum absolute atomic E-state index is 5.84. The van der Waals surface area contributed by atoms with Gasteiger partial charge in [-0.3, -0.25) is 0 Å². The van der Waals surface area contributed by atoms with Crippen molar-refractivity contribution in [3.05, 3.63) is 52.6 Å². The van der Waals surface area contributed by atoms with Gasteiger partial charge >= 0.3 is 0 Å². The van der Waals surface area contributed by atoms with Gasteiger partial charge in [0.15, 0.2) is 0 Å². The molecule has 2 aromatic carbocycles. The van der Waals surface area contributed by atoms with Crippen LogP contribution in [-0.4, -0.2) is 13.7 Å². The molecule has 1 unspecified atom stereocenters. The maximum Gasteiger partial charge on any atom is 0.126 e. The van der Waals surface area contributed by atoms with Crippen LogP contribution in [0.2, 0.25) is 0 Å². The topological polar surface area (TPSA) is 35.2 Å². The van der Waals surface area contributed by atoms with E-state index in [4.69, 9.17) is 10.5 Å². The van der Waals surface area contributed by atoms with E-state index in [1.807, 2.05) is 6.07 Å². The van der Waals surface area contributed by atoms with Gasteiger partial charge in [-0.05, 0) is 55.1 Å². The SMILES string of the molecule is COc1cccc2c1-c1cc(C)cc(C)c1C2CCN. The first-order valence-electron chi connectivity index (χ1n) is 7.15. The van der Waals surface area contributed by atoms with E-state index in [0.717, 1.165) is 12.2 Å². The molecule has 2 N–H and O–H groups in total. The summed E-state index contributed by atoms with van der Waals surface area (Å²) < 4.78 is 5.59. The van der Waals surface area contributed by atoms with E-state index in [0.29, 0.717) is 12.5 Å². The minimum atomic E-state index is 0.403.